The third-order valence-corrected chi connectivity index (χ3v) is 10.2. The van der Waals surface area contributed by atoms with Gasteiger partial charge in [-0.3, -0.25) is 19.3 Å². The number of β-lactam (4-membered cyclic amide) rings is 1. The van der Waals surface area contributed by atoms with E-state index in [2.05, 4.69) is 15.3 Å². The fraction of sp³-hybridized carbons (Fsp3) is 0.206. The highest BCUT2D eigenvalue weighted by atomic mass is 32.2. The van der Waals surface area contributed by atoms with Crippen molar-refractivity contribution in [2.24, 2.45) is 0 Å². The molecular weight excluding hydrogens is 639 g/mol. The minimum Gasteiger partial charge on any atom is -0.508 e. The number of H-pyrrole nitrogens is 1. The topological polar surface area (TPSA) is 156 Å². The van der Waals surface area contributed by atoms with E-state index in [1.165, 1.54) is 28.4 Å². The molecule has 2 saturated heterocycles. The van der Waals surface area contributed by atoms with Crippen LogP contribution < -0.4 is 5.32 Å². The Morgan fingerprint density at radius 3 is 2.57 bits per heavy atom. The van der Waals surface area contributed by atoms with Crippen molar-refractivity contribution in [1.82, 2.24) is 25.1 Å². The summed E-state index contributed by atoms with van der Waals surface area (Å²) in [4.78, 5) is 61.4. The van der Waals surface area contributed by atoms with Crippen LogP contribution in [-0.4, -0.2) is 83.1 Å². The number of likely N-dealkylation sites (tertiary alicyclic amines) is 1. The number of rotatable bonds is 8. The van der Waals surface area contributed by atoms with E-state index in [1.807, 2.05) is 42.5 Å². The molecule has 47 heavy (non-hydrogen) atoms. The minimum atomic E-state index is -1.25. The number of benzene rings is 3. The van der Waals surface area contributed by atoms with Gasteiger partial charge in [0.25, 0.3) is 5.91 Å². The molecule has 11 nitrogen and oxygen atoms in total. The number of thioether (sulfide) groups is 2. The average molecular weight is 670 g/mol. The molecule has 3 aliphatic rings. The second-order valence-corrected chi connectivity index (χ2v) is 13.2. The van der Waals surface area contributed by atoms with Gasteiger partial charge in [-0.1, -0.05) is 42.5 Å². The molecule has 0 radical (unpaired) electrons. The number of carbonyl (C=O) groups excluding carboxylic acids is 3. The first kappa shape index (κ1) is 32.0. The van der Waals surface area contributed by atoms with Gasteiger partial charge in [0.2, 0.25) is 11.8 Å². The van der Waals surface area contributed by atoms with Crippen LogP contribution in [0.5, 0.6) is 5.75 Å². The van der Waals surface area contributed by atoms with Gasteiger partial charge in [0, 0.05) is 41.7 Å². The minimum absolute atomic E-state index is 0.126. The number of hydrogen-bond acceptors (Lipinski definition) is 8. The van der Waals surface area contributed by atoms with Crippen LogP contribution in [0.1, 0.15) is 12.0 Å². The van der Waals surface area contributed by atoms with Gasteiger partial charge in [-0.2, -0.15) is 0 Å². The first-order valence-corrected chi connectivity index (χ1v) is 16.8. The summed E-state index contributed by atoms with van der Waals surface area (Å²) in [6, 6.07) is 19.8. The number of nitrogens with zero attached hydrogens (tertiary/aromatic N) is 3. The van der Waals surface area contributed by atoms with Crippen LogP contribution in [0.2, 0.25) is 0 Å². The number of aromatic nitrogens is 2. The number of carbonyl (C=O) groups is 4. The number of amides is 3. The summed E-state index contributed by atoms with van der Waals surface area (Å²) in [6.45, 7) is 0.869. The lowest BCUT2D eigenvalue weighted by Gasteiger charge is -2.49. The zero-order valence-corrected chi connectivity index (χ0v) is 26.7. The molecule has 4 heterocycles. The Balaban J connectivity index is 0.000000707. The maximum Gasteiger partial charge on any atom is 0.352 e. The predicted molar refractivity (Wildman–Crippen MR) is 179 cm³/mol. The van der Waals surface area contributed by atoms with Crippen molar-refractivity contribution < 1.29 is 29.4 Å². The van der Waals surface area contributed by atoms with Crippen molar-refractivity contribution in [2.75, 3.05) is 18.1 Å². The lowest BCUT2D eigenvalue weighted by molar-refractivity contribution is -0.150. The third-order valence-electron chi connectivity index (χ3n) is 7.88. The number of imidazole rings is 1. The molecule has 4 aromatic rings. The zero-order valence-electron chi connectivity index (χ0n) is 25.0. The van der Waals surface area contributed by atoms with E-state index in [0.29, 0.717) is 36.4 Å². The fourth-order valence-corrected chi connectivity index (χ4v) is 7.64. The smallest absolute Gasteiger partial charge is 0.352 e. The Morgan fingerprint density at radius 1 is 1.09 bits per heavy atom. The van der Waals surface area contributed by atoms with E-state index in [-0.39, 0.29) is 29.0 Å². The molecular formula is C34H31N5O6S2. The molecule has 240 valence electrons. The fourth-order valence-electron chi connectivity index (χ4n) is 5.57. The van der Waals surface area contributed by atoms with Crippen molar-refractivity contribution >= 4 is 58.0 Å². The van der Waals surface area contributed by atoms with Crippen LogP contribution in [0.15, 0.2) is 113 Å². The second-order valence-electron chi connectivity index (χ2n) is 11.0. The number of phenols is 1. The van der Waals surface area contributed by atoms with Gasteiger partial charge >= 0.3 is 5.97 Å². The van der Waals surface area contributed by atoms with Crippen molar-refractivity contribution in [1.29, 1.82) is 0 Å². The van der Waals surface area contributed by atoms with Gasteiger partial charge in [0.15, 0.2) is 0 Å². The lowest BCUT2D eigenvalue weighted by Crippen LogP contribution is -2.70. The number of allylic oxidation sites excluding steroid dienone is 1. The summed E-state index contributed by atoms with van der Waals surface area (Å²) in [6.07, 6.45) is 7.15. The van der Waals surface area contributed by atoms with Gasteiger partial charge in [0.1, 0.15) is 22.9 Å². The molecule has 0 aliphatic carbocycles. The summed E-state index contributed by atoms with van der Waals surface area (Å²) < 4.78 is 0. The van der Waals surface area contributed by atoms with E-state index < -0.39 is 23.3 Å². The molecule has 13 heteroatoms. The number of carboxylic acids is 1. The zero-order chi connectivity index (χ0) is 32.9. The van der Waals surface area contributed by atoms with Gasteiger partial charge in [-0.15, -0.1) is 23.5 Å². The Labute approximate surface area is 278 Å². The van der Waals surface area contributed by atoms with Crippen molar-refractivity contribution in [3.8, 4) is 5.75 Å². The van der Waals surface area contributed by atoms with Crippen molar-refractivity contribution in [3.63, 3.8) is 0 Å². The van der Waals surface area contributed by atoms with Crippen LogP contribution in [0, 0.1) is 0 Å². The molecule has 0 saturated carbocycles. The van der Waals surface area contributed by atoms with Crippen LogP contribution in [-0.2, 0) is 25.7 Å². The average Bonchev–Trinajstić information content (AvgIpc) is 3.78. The summed E-state index contributed by atoms with van der Waals surface area (Å²) in [5.74, 6) is -1.64. The maximum absolute atomic E-state index is 13.1. The quantitative estimate of drug-likeness (QED) is 0.123. The molecule has 4 N–H and O–H groups in total. The molecule has 3 aliphatic heterocycles. The molecule has 7 rings (SSSR count). The summed E-state index contributed by atoms with van der Waals surface area (Å²) in [7, 11) is 0. The molecule has 0 spiro atoms. The Hall–Kier alpha value is -5.01. The summed E-state index contributed by atoms with van der Waals surface area (Å²) in [5.41, 5.74) is 1.63. The highest BCUT2D eigenvalue weighted by Gasteiger charge is 2.54. The highest BCUT2D eigenvalue weighted by Crippen LogP contribution is 2.41. The van der Waals surface area contributed by atoms with E-state index in [1.54, 1.807) is 54.0 Å². The number of hydrogen-bond donors (Lipinski definition) is 4. The Morgan fingerprint density at radius 2 is 1.87 bits per heavy atom. The highest BCUT2D eigenvalue weighted by molar-refractivity contribution is 8.00. The van der Waals surface area contributed by atoms with E-state index in [9.17, 15) is 29.4 Å². The van der Waals surface area contributed by atoms with Crippen molar-refractivity contribution in [3.05, 3.63) is 114 Å². The second kappa shape index (κ2) is 14.2. The van der Waals surface area contributed by atoms with Crippen molar-refractivity contribution in [2.45, 2.75) is 29.3 Å². The molecule has 0 unspecified atom stereocenters. The maximum atomic E-state index is 13.1. The summed E-state index contributed by atoms with van der Waals surface area (Å²) >= 11 is 2.74. The summed E-state index contributed by atoms with van der Waals surface area (Å²) in [5, 5.41) is 24.0. The number of aromatic amines is 1. The largest absolute Gasteiger partial charge is 0.508 e. The molecule has 2 fully saturated rings. The lowest BCUT2D eigenvalue weighted by atomic mass is 10.0. The van der Waals surface area contributed by atoms with Crippen LogP contribution in [0.3, 0.4) is 0 Å². The van der Waals surface area contributed by atoms with Gasteiger partial charge in [-0.05, 0) is 58.7 Å². The van der Waals surface area contributed by atoms with Gasteiger partial charge < -0.3 is 25.4 Å². The monoisotopic (exact) mass is 669 g/mol. The third kappa shape index (κ3) is 7.21. The predicted octanol–water partition coefficient (Wildman–Crippen LogP) is 4.14. The molecule has 3 aromatic carbocycles. The molecule has 1 aromatic heterocycles. The van der Waals surface area contributed by atoms with E-state index >= 15 is 0 Å². The van der Waals surface area contributed by atoms with E-state index in [4.69, 9.17) is 0 Å². The molecule has 2 atom stereocenters. The number of nitrogens with one attached hydrogen (secondary N) is 2. The SMILES string of the molecule is O=C(CSc1ccc2ccccc2c1)N[C@@H]1C(=O)N2C(C(=O)O)=C(C=C3CCN(Cc4ccc(O)cc4)C3=O)CS[C@H]12.c1c[nH]cn1. The molecule has 3 amide bonds. The van der Waals surface area contributed by atoms with Crippen LogP contribution >= 0.6 is 23.5 Å². The van der Waals surface area contributed by atoms with Gasteiger partial charge in [-0.25, -0.2) is 9.78 Å². The Bertz CT molecular complexity index is 1860. The number of fused-ring (bicyclic) bond motifs is 2. The number of aliphatic carboxylic acids is 1. The van der Waals surface area contributed by atoms with Gasteiger partial charge in [0.05, 0.1) is 12.1 Å². The van der Waals surface area contributed by atoms with Crippen LogP contribution in [0.25, 0.3) is 10.8 Å². The number of aromatic hydroxyl groups is 1. The number of carboxylic acid groups (broad SMARTS) is 1. The van der Waals surface area contributed by atoms with E-state index in [0.717, 1.165) is 21.2 Å². The normalized spacial score (nSPS) is 19.7. The number of phenolic OH excluding ortho intramolecular Hbond substituents is 1. The standard InChI is InChI=1S/C31H27N3O6S2.C3H4N2/c35-23-8-5-18(6-9-23)15-33-12-11-21(28(33)37)13-22-16-42-30-26(29(38)34(30)27(22)31(39)40)32-25(36)17-41-24-10-7-19-3-1-2-4-20(19)14-24;1-2-5-3-4-1/h1-10,13-14,26,30,35H,11-12,15-17H2,(H,32,36)(H,39,40);1-3H,(H,4,5)/t26-,30-;/m1./s1. The first-order valence-electron chi connectivity index (χ1n) is 14.8. The van der Waals surface area contributed by atoms with Crippen LogP contribution in [0.4, 0.5) is 0 Å². The Kier molecular flexibility index (Phi) is 9.64. The first-order chi connectivity index (χ1) is 22.8. The molecule has 0 bridgehead atoms.